The predicted molar refractivity (Wildman–Crippen MR) is 81.6 cm³/mol. The molecule has 1 aromatic heterocycles. The van der Waals surface area contributed by atoms with Crippen LogP contribution < -0.4 is 10.5 Å². The molecule has 0 amide bonds. The van der Waals surface area contributed by atoms with Crippen molar-refractivity contribution in [3.8, 4) is 28.4 Å². The lowest BCUT2D eigenvalue weighted by Crippen LogP contribution is -2.02. The van der Waals surface area contributed by atoms with E-state index in [0.717, 1.165) is 11.4 Å². The molecule has 5 nitrogen and oxygen atoms in total. The summed E-state index contributed by atoms with van der Waals surface area (Å²) in [5.74, 6) is 0.729. The zero-order valence-electron chi connectivity index (χ0n) is 11.5. The summed E-state index contributed by atoms with van der Waals surface area (Å²) in [7, 11) is 1.56. The lowest BCUT2D eigenvalue weighted by atomic mass is 10.1. The number of nitrogen functional groups attached to an aromatic ring is 1. The van der Waals surface area contributed by atoms with Crippen molar-refractivity contribution in [3.05, 3.63) is 54.7 Å². The molecule has 3 rings (SSSR count). The molecule has 0 saturated carbocycles. The fraction of sp³-hybridized carbons (Fsp3) is 0.0625. The summed E-state index contributed by atoms with van der Waals surface area (Å²) < 4.78 is 6.80. The Morgan fingerprint density at radius 3 is 2.67 bits per heavy atom. The normalized spacial score (nSPS) is 10.5. The van der Waals surface area contributed by atoms with Crippen molar-refractivity contribution in [2.24, 2.45) is 0 Å². The van der Waals surface area contributed by atoms with Crippen LogP contribution in [0.5, 0.6) is 11.5 Å². The minimum atomic E-state index is 0.130. The van der Waals surface area contributed by atoms with Gasteiger partial charge in [-0.15, -0.1) is 0 Å². The molecule has 0 fully saturated rings. The number of aromatic hydroxyl groups is 1. The summed E-state index contributed by atoms with van der Waals surface area (Å²) in [5, 5.41) is 14.5. The minimum absolute atomic E-state index is 0.130. The molecule has 0 spiro atoms. The average molecular weight is 281 g/mol. The maximum atomic E-state index is 10.2. The quantitative estimate of drug-likeness (QED) is 0.724. The fourth-order valence-corrected chi connectivity index (χ4v) is 2.23. The molecule has 5 heteroatoms. The Kier molecular flexibility index (Phi) is 3.23. The van der Waals surface area contributed by atoms with Crippen molar-refractivity contribution in [2.75, 3.05) is 12.8 Å². The molecule has 2 aromatic carbocycles. The number of phenolic OH excluding ortho intramolecular Hbond substituents is 1. The van der Waals surface area contributed by atoms with Gasteiger partial charge in [0.15, 0.2) is 0 Å². The lowest BCUT2D eigenvalue weighted by Gasteiger charge is -2.11. The average Bonchev–Trinajstić information content (AvgIpc) is 2.96. The highest BCUT2D eigenvalue weighted by Crippen LogP contribution is 2.34. The Balaban J connectivity index is 2.14. The number of ether oxygens (including phenoxy) is 1. The molecule has 0 aliphatic rings. The maximum absolute atomic E-state index is 10.2. The predicted octanol–water partition coefficient (Wildman–Crippen LogP) is 2.84. The van der Waals surface area contributed by atoms with Gasteiger partial charge in [0.25, 0.3) is 0 Å². The summed E-state index contributed by atoms with van der Waals surface area (Å²) in [6, 6.07) is 14.4. The van der Waals surface area contributed by atoms with E-state index in [0.29, 0.717) is 17.0 Å². The smallest absolute Gasteiger partial charge is 0.128 e. The number of aromatic nitrogens is 2. The van der Waals surface area contributed by atoms with Crippen LogP contribution >= 0.6 is 0 Å². The largest absolute Gasteiger partial charge is 0.507 e. The van der Waals surface area contributed by atoms with Gasteiger partial charge >= 0.3 is 0 Å². The molecule has 0 saturated heterocycles. The van der Waals surface area contributed by atoms with Crippen LogP contribution in [0.1, 0.15) is 0 Å². The molecule has 0 aliphatic carbocycles. The topological polar surface area (TPSA) is 73.3 Å². The van der Waals surface area contributed by atoms with Crippen LogP contribution in [0, 0.1) is 0 Å². The summed E-state index contributed by atoms with van der Waals surface area (Å²) in [6.45, 7) is 0. The highest BCUT2D eigenvalue weighted by atomic mass is 16.5. The second-order valence-corrected chi connectivity index (χ2v) is 4.57. The third-order valence-electron chi connectivity index (χ3n) is 3.29. The van der Waals surface area contributed by atoms with E-state index in [1.165, 1.54) is 0 Å². The van der Waals surface area contributed by atoms with Gasteiger partial charge in [-0.2, -0.15) is 5.10 Å². The van der Waals surface area contributed by atoms with Gasteiger partial charge in [0, 0.05) is 11.6 Å². The van der Waals surface area contributed by atoms with E-state index >= 15 is 0 Å². The molecule has 0 bridgehead atoms. The third-order valence-corrected chi connectivity index (χ3v) is 3.29. The van der Waals surface area contributed by atoms with E-state index < -0.39 is 0 Å². The highest BCUT2D eigenvalue weighted by Gasteiger charge is 2.13. The molecular formula is C16H15N3O2. The number of hydrogen-bond acceptors (Lipinski definition) is 4. The Hall–Kier alpha value is -2.95. The molecule has 3 N–H and O–H groups in total. The number of nitrogens with two attached hydrogens (primary N) is 1. The molecular weight excluding hydrogens is 266 g/mol. The minimum Gasteiger partial charge on any atom is -0.507 e. The number of anilines is 1. The van der Waals surface area contributed by atoms with Gasteiger partial charge < -0.3 is 15.6 Å². The van der Waals surface area contributed by atoms with Gasteiger partial charge in [-0.1, -0.05) is 12.1 Å². The number of phenols is 1. The van der Waals surface area contributed by atoms with Crippen LogP contribution in [-0.4, -0.2) is 22.0 Å². The number of hydrogen-bond donors (Lipinski definition) is 2. The van der Waals surface area contributed by atoms with Crippen LogP contribution in [0.3, 0.4) is 0 Å². The van der Waals surface area contributed by atoms with Crippen LogP contribution in [0.2, 0.25) is 0 Å². The van der Waals surface area contributed by atoms with E-state index in [1.807, 2.05) is 30.3 Å². The Labute approximate surface area is 122 Å². The summed E-state index contributed by atoms with van der Waals surface area (Å²) in [6.07, 6.45) is 1.67. The van der Waals surface area contributed by atoms with Gasteiger partial charge in [0.1, 0.15) is 11.5 Å². The molecule has 0 aliphatic heterocycles. The van der Waals surface area contributed by atoms with Crippen LogP contribution in [0.15, 0.2) is 54.7 Å². The standard InChI is InChI=1S/C16H15N3O2/c1-21-11-6-7-12(16(20)10-11)14-8-9-18-19(14)15-5-3-2-4-13(15)17/h2-10,20H,17H2,1H3. The second-order valence-electron chi connectivity index (χ2n) is 4.57. The number of rotatable bonds is 3. The van der Waals surface area contributed by atoms with E-state index in [-0.39, 0.29) is 5.75 Å². The maximum Gasteiger partial charge on any atom is 0.128 e. The highest BCUT2D eigenvalue weighted by molar-refractivity contribution is 5.71. The molecule has 0 atom stereocenters. The van der Waals surface area contributed by atoms with Gasteiger partial charge in [-0.3, -0.25) is 0 Å². The number of para-hydroxylation sites is 2. The van der Waals surface area contributed by atoms with Crippen molar-refractivity contribution in [2.45, 2.75) is 0 Å². The van der Waals surface area contributed by atoms with Crippen molar-refractivity contribution in [3.63, 3.8) is 0 Å². The summed E-state index contributed by atoms with van der Waals surface area (Å²) in [5.41, 5.74) is 8.81. The van der Waals surface area contributed by atoms with Crippen molar-refractivity contribution in [1.29, 1.82) is 0 Å². The molecule has 21 heavy (non-hydrogen) atoms. The number of methoxy groups -OCH3 is 1. The second kappa shape index (κ2) is 5.20. The van der Waals surface area contributed by atoms with E-state index in [1.54, 1.807) is 36.2 Å². The Morgan fingerprint density at radius 1 is 1.14 bits per heavy atom. The van der Waals surface area contributed by atoms with E-state index in [2.05, 4.69) is 5.10 Å². The lowest BCUT2D eigenvalue weighted by molar-refractivity contribution is 0.408. The first kappa shape index (κ1) is 13.1. The zero-order valence-corrected chi connectivity index (χ0v) is 11.5. The Morgan fingerprint density at radius 2 is 1.95 bits per heavy atom. The molecule has 0 unspecified atom stereocenters. The van der Waals surface area contributed by atoms with Gasteiger partial charge in [-0.05, 0) is 30.3 Å². The third kappa shape index (κ3) is 2.29. The summed E-state index contributed by atoms with van der Waals surface area (Å²) in [4.78, 5) is 0. The first-order valence-corrected chi connectivity index (χ1v) is 6.47. The monoisotopic (exact) mass is 281 g/mol. The number of benzene rings is 2. The van der Waals surface area contributed by atoms with Gasteiger partial charge in [0.05, 0.1) is 30.4 Å². The van der Waals surface area contributed by atoms with E-state index in [4.69, 9.17) is 10.5 Å². The van der Waals surface area contributed by atoms with Gasteiger partial charge in [-0.25, -0.2) is 4.68 Å². The van der Waals surface area contributed by atoms with Crippen molar-refractivity contribution < 1.29 is 9.84 Å². The van der Waals surface area contributed by atoms with Crippen LogP contribution in [0.25, 0.3) is 16.9 Å². The molecule has 0 radical (unpaired) electrons. The van der Waals surface area contributed by atoms with E-state index in [9.17, 15) is 5.11 Å². The Bertz CT molecular complexity index is 781. The SMILES string of the molecule is COc1ccc(-c2ccnn2-c2ccccc2N)c(O)c1. The molecule has 1 heterocycles. The van der Waals surface area contributed by atoms with Gasteiger partial charge in [0.2, 0.25) is 0 Å². The first-order valence-electron chi connectivity index (χ1n) is 6.47. The zero-order chi connectivity index (χ0) is 14.8. The summed E-state index contributed by atoms with van der Waals surface area (Å²) >= 11 is 0. The van der Waals surface area contributed by atoms with Crippen LogP contribution in [0.4, 0.5) is 5.69 Å². The van der Waals surface area contributed by atoms with Crippen LogP contribution in [-0.2, 0) is 0 Å². The fourth-order valence-electron chi connectivity index (χ4n) is 2.23. The molecule has 106 valence electrons. The first-order chi connectivity index (χ1) is 10.2. The molecule has 3 aromatic rings. The van der Waals surface area contributed by atoms with Crippen molar-refractivity contribution >= 4 is 5.69 Å². The van der Waals surface area contributed by atoms with Crippen molar-refractivity contribution in [1.82, 2.24) is 9.78 Å². The number of nitrogens with zero attached hydrogens (tertiary/aromatic N) is 2.